The lowest BCUT2D eigenvalue weighted by molar-refractivity contribution is -0.219. The van der Waals surface area contributed by atoms with Crippen LogP contribution < -0.4 is 0 Å². The molecule has 0 saturated heterocycles. The van der Waals surface area contributed by atoms with Gasteiger partial charge in [0, 0.05) is 7.11 Å². The number of aliphatic hydroxyl groups excluding tert-OH is 1. The molecule has 1 aromatic carbocycles. The van der Waals surface area contributed by atoms with Gasteiger partial charge in [0.25, 0.3) is 0 Å². The predicted octanol–water partition coefficient (Wildman–Crippen LogP) is 3.31. The van der Waals surface area contributed by atoms with E-state index in [1.54, 1.807) is 7.11 Å². The lowest BCUT2D eigenvalue weighted by atomic mass is 9.88. The first-order chi connectivity index (χ1) is 12.0. The Morgan fingerprint density at radius 2 is 1.92 bits per heavy atom. The van der Waals surface area contributed by atoms with Gasteiger partial charge in [0.2, 0.25) is 0 Å². The van der Waals surface area contributed by atoms with Gasteiger partial charge in [-0.2, -0.15) is 0 Å². The van der Waals surface area contributed by atoms with Crippen molar-refractivity contribution in [2.75, 3.05) is 27.1 Å². The Morgan fingerprint density at radius 1 is 1.24 bits per heavy atom. The van der Waals surface area contributed by atoms with Crippen molar-refractivity contribution >= 4 is 0 Å². The van der Waals surface area contributed by atoms with Crippen LogP contribution in [0.25, 0.3) is 0 Å². The summed E-state index contributed by atoms with van der Waals surface area (Å²) in [4.78, 5) is 0. The first-order valence-electron chi connectivity index (χ1n) is 8.62. The Labute approximate surface area is 151 Å². The molecule has 0 saturated carbocycles. The average molecular weight is 352 g/mol. The van der Waals surface area contributed by atoms with Crippen molar-refractivity contribution in [1.29, 1.82) is 0 Å². The summed E-state index contributed by atoms with van der Waals surface area (Å²) in [6.07, 6.45) is 0.736. The second-order valence-electron chi connectivity index (χ2n) is 6.22. The molecule has 0 radical (unpaired) electrons. The summed E-state index contributed by atoms with van der Waals surface area (Å²) in [5.41, 5.74) is 0.971. The van der Waals surface area contributed by atoms with E-state index in [9.17, 15) is 5.11 Å². The maximum atomic E-state index is 10.8. The van der Waals surface area contributed by atoms with Gasteiger partial charge in [-0.3, -0.25) is 0 Å². The molecule has 0 fully saturated rings. The number of allylic oxidation sites excluding steroid dienone is 1. The third kappa shape index (κ3) is 6.88. The first-order valence-corrected chi connectivity index (χ1v) is 8.62. The molecule has 0 aliphatic rings. The number of hydrogen-bond acceptors (Lipinski definition) is 5. The van der Waals surface area contributed by atoms with E-state index in [4.69, 9.17) is 18.9 Å². The minimum atomic E-state index is -0.932. The van der Waals surface area contributed by atoms with E-state index >= 15 is 0 Å². The van der Waals surface area contributed by atoms with Gasteiger partial charge < -0.3 is 24.1 Å². The van der Waals surface area contributed by atoms with Crippen molar-refractivity contribution in [2.45, 2.75) is 52.1 Å². The summed E-state index contributed by atoms with van der Waals surface area (Å²) < 4.78 is 22.3. The fourth-order valence-corrected chi connectivity index (χ4v) is 2.36. The number of methoxy groups -OCH3 is 1. The number of aliphatic hydroxyl groups is 1. The third-order valence-electron chi connectivity index (χ3n) is 4.46. The van der Waals surface area contributed by atoms with Crippen LogP contribution >= 0.6 is 0 Å². The summed E-state index contributed by atoms with van der Waals surface area (Å²) in [7, 11) is 1.62. The second-order valence-corrected chi connectivity index (χ2v) is 6.22. The maximum absolute atomic E-state index is 10.8. The maximum Gasteiger partial charge on any atom is 0.147 e. The summed E-state index contributed by atoms with van der Waals surface area (Å²) in [6, 6.07) is 9.93. The standard InChI is InChI=1S/C20H32O5/c1-6-16(2)19(21)20(4,25-15-23-13-12-22-5)17(3)24-14-18-10-8-7-9-11-18/h6-11,17,19,21H,12-15H2,1-5H3/b16-6-/t17-,19-,20+/m1/s1. The zero-order valence-corrected chi connectivity index (χ0v) is 16.0. The minimum Gasteiger partial charge on any atom is -0.386 e. The Kier molecular flexibility index (Phi) is 9.93. The molecule has 0 aliphatic carbocycles. The topological polar surface area (TPSA) is 57.2 Å². The van der Waals surface area contributed by atoms with Crippen LogP contribution in [0.1, 0.15) is 33.3 Å². The van der Waals surface area contributed by atoms with Crippen molar-refractivity contribution in [2.24, 2.45) is 0 Å². The number of rotatable bonds is 12. The van der Waals surface area contributed by atoms with Crippen LogP contribution in [0.3, 0.4) is 0 Å². The fourth-order valence-electron chi connectivity index (χ4n) is 2.36. The Hall–Kier alpha value is -1.24. The van der Waals surface area contributed by atoms with Crippen LogP contribution in [0.15, 0.2) is 42.0 Å². The van der Waals surface area contributed by atoms with E-state index < -0.39 is 11.7 Å². The molecule has 1 rings (SSSR count). The van der Waals surface area contributed by atoms with E-state index in [-0.39, 0.29) is 12.9 Å². The van der Waals surface area contributed by atoms with Crippen LogP contribution in [0.5, 0.6) is 0 Å². The number of hydrogen-bond donors (Lipinski definition) is 1. The van der Waals surface area contributed by atoms with Gasteiger partial charge in [-0.15, -0.1) is 0 Å². The van der Waals surface area contributed by atoms with Gasteiger partial charge in [0.1, 0.15) is 18.5 Å². The monoisotopic (exact) mass is 352 g/mol. The predicted molar refractivity (Wildman–Crippen MR) is 98.3 cm³/mol. The third-order valence-corrected chi connectivity index (χ3v) is 4.46. The summed E-state index contributed by atoms with van der Waals surface area (Å²) >= 11 is 0. The molecule has 1 N–H and O–H groups in total. The summed E-state index contributed by atoms with van der Waals surface area (Å²) in [5.74, 6) is 0. The lowest BCUT2D eigenvalue weighted by Gasteiger charge is -2.39. The highest BCUT2D eigenvalue weighted by molar-refractivity contribution is 5.14. The quantitative estimate of drug-likeness (QED) is 0.355. The zero-order chi connectivity index (χ0) is 18.7. The highest BCUT2D eigenvalue weighted by Gasteiger charge is 2.41. The minimum absolute atomic E-state index is 0.0625. The highest BCUT2D eigenvalue weighted by atomic mass is 16.7. The van der Waals surface area contributed by atoms with Crippen LogP contribution in [0.2, 0.25) is 0 Å². The lowest BCUT2D eigenvalue weighted by Crippen LogP contribution is -2.52. The molecule has 0 amide bonds. The molecule has 3 atom stereocenters. The molecule has 0 aromatic heterocycles. The SMILES string of the molecule is C/C=C(/C)[C@@H](O)[C@@](C)(OCOCCOC)[C@@H](C)OCc1ccccc1. The van der Waals surface area contributed by atoms with Crippen LogP contribution in [0.4, 0.5) is 0 Å². The molecule has 0 unspecified atom stereocenters. The molecular weight excluding hydrogens is 320 g/mol. The summed E-state index contributed by atoms with van der Waals surface area (Å²) in [6.45, 7) is 8.97. The Balaban J connectivity index is 2.73. The van der Waals surface area contributed by atoms with E-state index in [2.05, 4.69) is 0 Å². The molecule has 0 spiro atoms. The molecule has 0 heterocycles. The highest BCUT2D eigenvalue weighted by Crippen LogP contribution is 2.28. The first kappa shape index (κ1) is 21.8. The molecule has 25 heavy (non-hydrogen) atoms. The van der Waals surface area contributed by atoms with Crippen LogP contribution in [-0.4, -0.2) is 50.0 Å². The van der Waals surface area contributed by atoms with Crippen molar-refractivity contribution in [3.8, 4) is 0 Å². The van der Waals surface area contributed by atoms with Gasteiger partial charge in [0.05, 0.1) is 25.9 Å². The smallest absolute Gasteiger partial charge is 0.147 e. The van der Waals surface area contributed by atoms with Gasteiger partial charge in [-0.05, 0) is 38.8 Å². The molecular formula is C20H32O5. The van der Waals surface area contributed by atoms with E-state index in [0.29, 0.717) is 19.8 Å². The molecule has 0 aliphatic heterocycles. The van der Waals surface area contributed by atoms with Crippen molar-refractivity contribution in [1.82, 2.24) is 0 Å². The number of benzene rings is 1. The van der Waals surface area contributed by atoms with Gasteiger partial charge in [-0.1, -0.05) is 36.4 Å². The fraction of sp³-hybridized carbons (Fsp3) is 0.600. The van der Waals surface area contributed by atoms with Gasteiger partial charge in [-0.25, -0.2) is 0 Å². The molecule has 5 heteroatoms. The van der Waals surface area contributed by atoms with Crippen LogP contribution in [0, 0.1) is 0 Å². The van der Waals surface area contributed by atoms with Crippen molar-refractivity contribution in [3.05, 3.63) is 47.5 Å². The zero-order valence-electron chi connectivity index (χ0n) is 16.0. The largest absolute Gasteiger partial charge is 0.386 e. The molecule has 1 aromatic rings. The van der Waals surface area contributed by atoms with Crippen molar-refractivity contribution < 1.29 is 24.1 Å². The van der Waals surface area contributed by atoms with E-state index in [1.807, 2.05) is 64.1 Å². The number of ether oxygens (including phenoxy) is 4. The summed E-state index contributed by atoms with van der Waals surface area (Å²) in [5, 5.41) is 10.8. The average Bonchev–Trinajstić information content (AvgIpc) is 2.65. The van der Waals surface area contributed by atoms with E-state index in [0.717, 1.165) is 11.1 Å². The van der Waals surface area contributed by atoms with E-state index in [1.165, 1.54) is 0 Å². The van der Waals surface area contributed by atoms with Gasteiger partial charge in [0.15, 0.2) is 0 Å². The molecule has 0 bridgehead atoms. The Bertz CT molecular complexity index is 502. The van der Waals surface area contributed by atoms with Gasteiger partial charge >= 0.3 is 0 Å². The Morgan fingerprint density at radius 3 is 2.52 bits per heavy atom. The second kappa shape index (κ2) is 11.4. The van der Waals surface area contributed by atoms with Crippen LogP contribution in [-0.2, 0) is 25.6 Å². The molecule has 5 nitrogen and oxygen atoms in total. The van der Waals surface area contributed by atoms with Crippen molar-refractivity contribution in [3.63, 3.8) is 0 Å². The molecule has 142 valence electrons. The normalized spacial score (nSPS) is 17.1.